The van der Waals surface area contributed by atoms with Gasteiger partial charge in [-0.25, -0.2) is 9.37 Å². The lowest BCUT2D eigenvalue weighted by atomic mass is 9.93. The second-order valence-electron chi connectivity index (χ2n) is 6.67. The van der Waals surface area contributed by atoms with E-state index < -0.39 is 0 Å². The fraction of sp³-hybridized carbons (Fsp3) is 0.350. The minimum atomic E-state index is -0.108. The molecule has 0 bridgehead atoms. The molecule has 2 aromatic heterocycles. The number of halogens is 1. The van der Waals surface area contributed by atoms with Crippen molar-refractivity contribution in [2.45, 2.75) is 32.2 Å². The van der Waals surface area contributed by atoms with Crippen molar-refractivity contribution >= 4 is 5.52 Å². The molecule has 0 saturated carbocycles. The number of imidazole rings is 1. The summed E-state index contributed by atoms with van der Waals surface area (Å²) in [5.74, 6) is 1.34. The Bertz CT molecular complexity index is 855. The van der Waals surface area contributed by atoms with Crippen molar-refractivity contribution in [1.82, 2.24) is 14.3 Å². The van der Waals surface area contributed by atoms with Crippen molar-refractivity contribution in [3.05, 3.63) is 71.6 Å². The minimum Gasteiger partial charge on any atom is -0.304 e. The predicted molar refractivity (Wildman–Crippen MR) is 93.6 cm³/mol. The number of nitrogens with zero attached hydrogens (tertiary/aromatic N) is 3. The first-order valence-electron chi connectivity index (χ1n) is 8.62. The van der Waals surface area contributed by atoms with Crippen LogP contribution in [0, 0.1) is 12.7 Å². The summed E-state index contributed by atoms with van der Waals surface area (Å²) in [6, 6.07) is 13.3. The standard InChI is InChI=1S/C20H22FN3/c1-15-22-20(19-10-4-5-12-24(15)19)17-8-6-11-23(14-17)13-16-7-2-3-9-18(16)21/h2-5,7,9-10,12,17H,6,8,11,13-14H2,1H3/t17-/m0/s1. The van der Waals surface area contributed by atoms with Crippen LogP contribution in [-0.2, 0) is 6.54 Å². The van der Waals surface area contributed by atoms with E-state index in [0.717, 1.165) is 37.3 Å². The average molecular weight is 323 g/mol. The molecule has 4 heteroatoms. The van der Waals surface area contributed by atoms with Crippen molar-refractivity contribution in [3.63, 3.8) is 0 Å². The fourth-order valence-corrected chi connectivity index (χ4v) is 3.81. The average Bonchev–Trinajstić information content (AvgIpc) is 2.95. The quantitative estimate of drug-likeness (QED) is 0.721. The number of fused-ring (bicyclic) bond motifs is 1. The molecule has 0 radical (unpaired) electrons. The van der Waals surface area contributed by atoms with E-state index in [1.54, 1.807) is 12.1 Å². The van der Waals surface area contributed by atoms with Crippen LogP contribution in [0.1, 0.15) is 35.8 Å². The van der Waals surface area contributed by atoms with Gasteiger partial charge in [-0.1, -0.05) is 24.3 Å². The number of aromatic nitrogens is 2. The van der Waals surface area contributed by atoms with Crippen LogP contribution in [-0.4, -0.2) is 27.4 Å². The van der Waals surface area contributed by atoms with Crippen molar-refractivity contribution in [2.75, 3.05) is 13.1 Å². The molecule has 1 saturated heterocycles. The fourth-order valence-electron chi connectivity index (χ4n) is 3.81. The molecule has 1 aromatic carbocycles. The number of hydrogen-bond donors (Lipinski definition) is 0. The maximum atomic E-state index is 13.9. The van der Waals surface area contributed by atoms with Gasteiger partial charge >= 0.3 is 0 Å². The third-order valence-electron chi connectivity index (χ3n) is 5.00. The molecule has 1 fully saturated rings. The van der Waals surface area contributed by atoms with Gasteiger partial charge in [-0.15, -0.1) is 0 Å². The SMILES string of the molecule is Cc1nc([C@H]2CCCN(Cc3ccccc3F)C2)c2ccccn12. The summed E-state index contributed by atoms with van der Waals surface area (Å²) >= 11 is 0. The second kappa shape index (κ2) is 6.36. The zero-order valence-corrected chi connectivity index (χ0v) is 14.0. The highest BCUT2D eigenvalue weighted by Crippen LogP contribution is 2.30. The number of aryl methyl sites for hydroxylation is 1. The molecule has 4 rings (SSSR count). The molecule has 0 N–H and O–H groups in total. The molecular formula is C20H22FN3. The van der Waals surface area contributed by atoms with E-state index in [2.05, 4.69) is 34.6 Å². The van der Waals surface area contributed by atoms with Crippen LogP contribution in [0.2, 0.25) is 0 Å². The number of pyridine rings is 1. The lowest BCUT2D eigenvalue weighted by Gasteiger charge is -2.32. The predicted octanol–water partition coefficient (Wildman–Crippen LogP) is 4.16. The Hall–Kier alpha value is -2.20. The summed E-state index contributed by atoms with van der Waals surface area (Å²) in [5.41, 5.74) is 3.17. The van der Waals surface area contributed by atoms with E-state index in [9.17, 15) is 4.39 Å². The Morgan fingerprint density at radius 1 is 1.17 bits per heavy atom. The van der Waals surface area contributed by atoms with Gasteiger partial charge in [0.1, 0.15) is 11.6 Å². The Labute approximate surface area is 141 Å². The highest BCUT2D eigenvalue weighted by Gasteiger charge is 2.25. The lowest BCUT2D eigenvalue weighted by Crippen LogP contribution is -2.34. The van der Waals surface area contributed by atoms with Gasteiger partial charge in [0.15, 0.2) is 0 Å². The maximum absolute atomic E-state index is 13.9. The normalized spacial score (nSPS) is 19.0. The summed E-state index contributed by atoms with van der Waals surface area (Å²) < 4.78 is 16.1. The molecule has 124 valence electrons. The van der Waals surface area contributed by atoms with Crippen molar-refractivity contribution in [2.24, 2.45) is 0 Å². The minimum absolute atomic E-state index is 0.108. The van der Waals surface area contributed by atoms with E-state index in [-0.39, 0.29) is 5.82 Å². The smallest absolute Gasteiger partial charge is 0.127 e. The number of piperidine rings is 1. The summed E-state index contributed by atoms with van der Waals surface area (Å²) in [6.07, 6.45) is 4.35. The molecule has 1 aliphatic heterocycles. The largest absolute Gasteiger partial charge is 0.304 e. The van der Waals surface area contributed by atoms with E-state index in [4.69, 9.17) is 4.98 Å². The van der Waals surface area contributed by atoms with E-state index in [1.165, 1.54) is 11.2 Å². The summed E-state index contributed by atoms with van der Waals surface area (Å²) in [4.78, 5) is 7.19. The van der Waals surface area contributed by atoms with Gasteiger partial charge in [0.25, 0.3) is 0 Å². The molecule has 1 aliphatic rings. The van der Waals surface area contributed by atoms with Gasteiger partial charge in [0.05, 0.1) is 11.2 Å². The molecule has 0 spiro atoms. The van der Waals surface area contributed by atoms with Gasteiger partial charge in [0.2, 0.25) is 0 Å². The number of likely N-dealkylation sites (tertiary alicyclic amines) is 1. The Morgan fingerprint density at radius 3 is 2.88 bits per heavy atom. The molecule has 0 unspecified atom stereocenters. The molecule has 0 amide bonds. The van der Waals surface area contributed by atoms with Crippen LogP contribution >= 0.6 is 0 Å². The van der Waals surface area contributed by atoms with Crippen LogP contribution in [0.25, 0.3) is 5.52 Å². The van der Waals surface area contributed by atoms with Gasteiger partial charge in [-0.05, 0) is 44.5 Å². The topological polar surface area (TPSA) is 20.5 Å². The van der Waals surface area contributed by atoms with E-state index >= 15 is 0 Å². The number of hydrogen-bond acceptors (Lipinski definition) is 2. The summed E-state index contributed by atoms with van der Waals surface area (Å²) in [6.45, 7) is 4.69. The molecular weight excluding hydrogens is 301 g/mol. The zero-order chi connectivity index (χ0) is 16.5. The Morgan fingerprint density at radius 2 is 2.00 bits per heavy atom. The monoisotopic (exact) mass is 323 g/mol. The van der Waals surface area contributed by atoms with Crippen molar-refractivity contribution < 1.29 is 4.39 Å². The lowest BCUT2D eigenvalue weighted by molar-refractivity contribution is 0.197. The molecule has 3 nitrogen and oxygen atoms in total. The van der Waals surface area contributed by atoms with Crippen LogP contribution in [0.15, 0.2) is 48.7 Å². The molecule has 1 atom stereocenters. The molecule has 24 heavy (non-hydrogen) atoms. The molecule has 0 aliphatic carbocycles. The van der Waals surface area contributed by atoms with Gasteiger partial charge in [-0.3, -0.25) is 4.90 Å². The van der Waals surface area contributed by atoms with Gasteiger partial charge < -0.3 is 4.40 Å². The van der Waals surface area contributed by atoms with Crippen molar-refractivity contribution in [1.29, 1.82) is 0 Å². The third-order valence-corrected chi connectivity index (χ3v) is 5.00. The third kappa shape index (κ3) is 2.82. The van der Waals surface area contributed by atoms with Crippen molar-refractivity contribution in [3.8, 4) is 0 Å². The van der Waals surface area contributed by atoms with Crippen LogP contribution in [0.4, 0.5) is 4.39 Å². The Kier molecular flexibility index (Phi) is 4.07. The number of rotatable bonds is 3. The van der Waals surface area contributed by atoms with E-state index in [0.29, 0.717) is 12.5 Å². The first-order valence-corrected chi connectivity index (χ1v) is 8.62. The van der Waals surface area contributed by atoms with Crippen LogP contribution < -0.4 is 0 Å². The zero-order valence-electron chi connectivity index (χ0n) is 14.0. The highest BCUT2D eigenvalue weighted by atomic mass is 19.1. The van der Waals surface area contributed by atoms with Gasteiger partial charge in [0, 0.05) is 30.8 Å². The maximum Gasteiger partial charge on any atom is 0.127 e. The van der Waals surface area contributed by atoms with Crippen LogP contribution in [0.5, 0.6) is 0 Å². The first-order chi connectivity index (χ1) is 11.7. The highest BCUT2D eigenvalue weighted by molar-refractivity contribution is 5.54. The first kappa shape index (κ1) is 15.3. The summed E-state index contributed by atoms with van der Waals surface area (Å²) in [7, 11) is 0. The van der Waals surface area contributed by atoms with Gasteiger partial charge in [-0.2, -0.15) is 0 Å². The van der Waals surface area contributed by atoms with Crippen LogP contribution in [0.3, 0.4) is 0 Å². The molecule has 3 aromatic rings. The Balaban J connectivity index is 1.57. The van der Waals surface area contributed by atoms with E-state index in [1.807, 2.05) is 18.2 Å². The molecule has 3 heterocycles. The second-order valence-corrected chi connectivity index (χ2v) is 6.67. The summed E-state index contributed by atoms with van der Waals surface area (Å²) in [5, 5.41) is 0. The number of benzene rings is 1.